The van der Waals surface area contributed by atoms with Crippen LogP contribution in [0.4, 0.5) is 0 Å². The molecule has 0 saturated heterocycles. The van der Waals surface area contributed by atoms with Crippen molar-refractivity contribution in [2.24, 2.45) is 0 Å². The fourth-order valence-corrected chi connectivity index (χ4v) is 3.44. The fraction of sp³-hybridized carbons (Fsp3) is 0.211. The first-order valence-corrected chi connectivity index (χ1v) is 9.69. The molecule has 2 heterocycles. The van der Waals surface area contributed by atoms with E-state index < -0.39 is 0 Å². The normalized spacial score (nSPS) is 10.9. The first-order valence-electron chi connectivity index (χ1n) is 8.71. The molecule has 9 nitrogen and oxygen atoms in total. The van der Waals surface area contributed by atoms with Crippen LogP contribution in [0.15, 0.2) is 52.1 Å². The highest BCUT2D eigenvalue weighted by atomic mass is 32.2. The van der Waals surface area contributed by atoms with Gasteiger partial charge in [-0.1, -0.05) is 40.7 Å². The van der Waals surface area contributed by atoms with Crippen molar-refractivity contribution in [2.45, 2.75) is 17.8 Å². The number of benzene rings is 2. The van der Waals surface area contributed by atoms with Gasteiger partial charge in [-0.15, -0.1) is 5.10 Å². The highest BCUT2D eigenvalue weighted by Gasteiger charge is 2.16. The highest BCUT2D eigenvalue weighted by Crippen LogP contribution is 2.30. The number of nitrogens with zero attached hydrogens (tertiary/aromatic N) is 6. The Morgan fingerprint density at radius 3 is 2.79 bits per heavy atom. The molecule has 4 rings (SSSR count). The van der Waals surface area contributed by atoms with Crippen molar-refractivity contribution in [1.82, 2.24) is 30.3 Å². The molecule has 4 aromatic rings. The van der Waals surface area contributed by atoms with Crippen LogP contribution in [0.5, 0.6) is 11.5 Å². The van der Waals surface area contributed by atoms with E-state index in [2.05, 4.69) is 25.7 Å². The molecular formula is C19H18N6O3S. The number of hydrogen-bond acceptors (Lipinski definition) is 9. The third-order valence-electron chi connectivity index (χ3n) is 4.12. The van der Waals surface area contributed by atoms with Crippen LogP contribution in [-0.2, 0) is 5.75 Å². The highest BCUT2D eigenvalue weighted by molar-refractivity contribution is 7.98. The van der Waals surface area contributed by atoms with Crippen LogP contribution in [0.1, 0.15) is 11.5 Å². The van der Waals surface area contributed by atoms with Crippen molar-refractivity contribution in [3.8, 4) is 28.6 Å². The minimum Gasteiger partial charge on any atom is -0.497 e. The zero-order chi connectivity index (χ0) is 20.2. The maximum absolute atomic E-state index is 5.43. The second kappa shape index (κ2) is 8.31. The average Bonchev–Trinajstić information content (AvgIpc) is 3.41. The van der Waals surface area contributed by atoms with Gasteiger partial charge in [0.05, 0.1) is 20.0 Å². The van der Waals surface area contributed by atoms with Gasteiger partial charge in [0, 0.05) is 11.6 Å². The Labute approximate surface area is 171 Å². The molecule has 2 aromatic carbocycles. The Kier molecular flexibility index (Phi) is 5.43. The van der Waals surface area contributed by atoms with Gasteiger partial charge in [-0.3, -0.25) is 0 Å². The predicted molar refractivity (Wildman–Crippen MR) is 106 cm³/mol. The molecule has 0 fully saturated rings. The van der Waals surface area contributed by atoms with Gasteiger partial charge in [0.1, 0.15) is 17.2 Å². The molecule has 0 amide bonds. The molecule has 0 aliphatic rings. The van der Waals surface area contributed by atoms with Gasteiger partial charge in [-0.2, -0.15) is 9.67 Å². The van der Waals surface area contributed by atoms with E-state index in [0.29, 0.717) is 39.8 Å². The third kappa shape index (κ3) is 4.06. The number of ether oxygens (including phenoxy) is 2. The zero-order valence-electron chi connectivity index (χ0n) is 16.1. The molecule has 10 heteroatoms. The van der Waals surface area contributed by atoms with Crippen molar-refractivity contribution in [1.29, 1.82) is 0 Å². The van der Waals surface area contributed by atoms with Gasteiger partial charge in [0.25, 0.3) is 0 Å². The molecule has 0 atom stereocenters. The van der Waals surface area contributed by atoms with Crippen molar-refractivity contribution < 1.29 is 14.0 Å². The van der Waals surface area contributed by atoms with E-state index in [0.717, 1.165) is 11.1 Å². The lowest BCUT2D eigenvalue weighted by molar-refractivity contribution is 0.391. The lowest BCUT2D eigenvalue weighted by Gasteiger charge is -2.10. The van der Waals surface area contributed by atoms with Gasteiger partial charge in [-0.25, -0.2) is 0 Å². The fourth-order valence-electron chi connectivity index (χ4n) is 2.72. The topological polar surface area (TPSA) is 101 Å². The second-order valence-corrected chi connectivity index (χ2v) is 7.02. The summed E-state index contributed by atoms with van der Waals surface area (Å²) in [6, 6.07) is 13.4. The van der Waals surface area contributed by atoms with Gasteiger partial charge < -0.3 is 14.0 Å². The van der Waals surface area contributed by atoms with Crippen molar-refractivity contribution in [3.05, 3.63) is 53.9 Å². The van der Waals surface area contributed by atoms with E-state index in [9.17, 15) is 0 Å². The zero-order valence-corrected chi connectivity index (χ0v) is 16.9. The van der Waals surface area contributed by atoms with Crippen molar-refractivity contribution in [3.63, 3.8) is 0 Å². The first kappa shape index (κ1) is 18.9. The van der Waals surface area contributed by atoms with E-state index in [4.69, 9.17) is 14.0 Å². The van der Waals surface area contributed by atoms with Crippen LogP contribution in [0.25, 0.3) is 17.1 Å². The lowest BCUT2D eigenvalue weighted by Crippen LogP contribution is -2.02. The minimum atomic E-state index is 0.422. The second-order valence-electron chi connectivity index (χ2n) is 6.08. The summed E-state index contributed by atoms with van der Waals surface area (Å²) in [4.78, 5) is 4.46. The number of tetrazole rings is 1. The van der Waals surface area contributed by atoms with Gasteiger partial charge in [-0.05, 0) is 35.5 Å². The van der Waals surface area contributed by atoms with Crippen LogP contribution >= 0.6 is 11.8 Å². The summed E-state index contributed by atoms with van der Waals surface area (Å²) in [7, 11) is 3.19. The molecule has 148 valence electrons. The SMILES string of the molecule is COc1ccc(OC)c(-n2nnnc2SCc2nc(-c3cccc(C)c3)no2)c1. The third-order valence-corrected chi connectivity index (χ3v) is 5.03. The molecule has 0 unspecified atom stereocenters. The average molecular weight is 410 g/mol. The molecule has 2 aromatic heterocycles. The summed E-state index contributed by atoms with van der Waals surface area (Å²) in [6.45, 7) is 2.02. The molecular weight excluding hydrogens is 392 g/mol. The van der Waals surface area contributed by atoms with Gasteiger partial charge in [0.2, 0.25) is 16.9 Å². The number of rotatable bonds is 7. The Morgan fingerprint density at radius 2 is 2.00 bits per heavy atom. The lowest BCUT2D eigenvalue weighted by atomic mass is 10.1. The van der Waals surface area contributed by atoms with Crippen LogP contribution in [0.3, 0.4) is 0 Å². The summed E-state index contributed by atoms with van der Waals surface area (Å²) in [5.41, 5.74) is 2.72. The molecule has 29 heavy (non-hydrogen) atoms. The monoisotopic (exact) mass is 410 g/mol. The molecule has 0 radical (unpaired) electrons. The largest absolute Gasteiger partial charge is 0.497 e. The Bertz CT molecular complexity index is 1130. The van der Waals surface area contributed by atoms with Crippen molar-refractivity contribution >= 4 is 11.8 Å². The predicted octanol–water partition coefficient (Wildman–Crippen LogP) is 3.33. The van der Waals surface area contributed by atoms with Crippen LogP contribution in [0.2, 0.25) is 0 Å². The van der Waals surface area contributed by atoms with Crippen LogP contribution < -0.4 is 9.47 Å². The molecule has 0 saturated carbocycles. The summed E-state index contributed by atoms with van der Waals surface area (Å²) in [5, 5.41) is 16.6. The van der Waals surface area contributed by atoms with E-state index in [1.807, 2.05) is 43.3 Å². The van der Waals surface area contributed by atoms with Crippen LogP contribution in [0, 0.1) is 6.92 Å². The first-order chi connectivity index (χ1) is 14.2. The number of aromatic nitrogens is 6. The smallest absolute Gasteiger partial charge is 0.237 e. The molecule has 0 aliphatic heterocycles. The maximum atomic E-state index is 5.43. The number of methoxy groups -OCH3 is 2. The van der Waals surface area contributed by atoms with Crippen molar-refractivity contribution in [2.75, 3.05) is 14.2 Å². The number of thioether (sulfide) groups is 1. The van der Waals surface area contributed by atoms with Gasteiger partial charge in [0.15, 0.2) is 0 Å². The van der Waals surface area contributed by atoms with E-state index in [1.165, 1.54) is 11.8 Å². The standard InChI is InChI=1S/C19H18N6O3S/c1-12-5-4-6-13(9-12)18-20-17(28-22-18)11-29-19-21-23-24-25(19)15-10-14(26-2)7-8-16(15)27-3/h4-10H,11H2,1-3H3. The summed E-state index contributed by atoms with van der Waals surface area (Å²) < 4.78 is 17.7. The number of hydrogen-bond donors (Lipinski definition) is 0. The number of aryl methyl sites for hydroxylation is 1. The van der Waals surface area contributed by atoms with Gasteiger partial charge >= 0.3 is 0 Å². The minimum absolute atomic E-state index is 0.422. The van der Waals surface area contributed by atoms with Crippen LogP contribution in [-0.4, -0.2) is 44.6 Å². The summed E-state index contributed by atoms with van der Waals surface area (Å²) in [5.74, 6) is 2.76. The molecule has 0 N–H and O–H groups in total. The molecule has 0 spiro atoms. The van der Waals surface area contributed by atoms with E-state index in [-0.39, 0.29) is 0 Å². The Hall–Kier alpha value is -3.40. The summed E-state index contributed by atoms with van der Waals surface area (Å²) in [6.07, 6.45) is 0. The molecule has 0 bridgehead atoms. The Morgan fingerprint density at radius 1 is 1.10 bits per heavy atom. The maximum Gasteiger partial charge on any atom is 0.237 e. The summed E-state index contributed by atoms with van der Waals surface area (Å²) >= 11 is 1.38. The quantitative estimate of drug-likeness (QED) is 0.425. The Balaban J connectivity index is 1.54. The van der Waals surface area contributed by atoms with E-state index in [1.54, 1.807) is 25.0 Å². The molecule has 0 aliphatic carbocycles. The van der Waals surface area contributed by atoms with E-state index >= 15 is 0 Å².